The summed E-state index contributed by atoms with van der Waals surface area (Å²) in [5.74, 6) is -0.219. The molecule has 140 valence electrons. The van der Waals surface area contributed by atoms with Crippen molar-refractivity contribution >= 4 is 44.3 Å². The highest BCUT2D eigenvalue weighted by atomic mass is 79.9. The van der Waals surface area contributed by atoms with Crippen molar-refractivity contribution in [1.82, 2.24) is 9.88 Å². The lowest BCUT2D eigenvalue weighted by Gasteiger charge is -2.10. The van der Waals surface area contributed by atoms with E-state index in [1.807, 2.05) is 42.7 Å². The standard InChI is InChI=1S/C21H22BrN3O2/c1-3-12-23-21(27)15-8-10-16(11-9-15)24-19(26)13-25-14(2)20(22)17-6-4-5-7-18(17)25/h4-11H,3,12-13H2,1-2H3,(H,23,27)(H,24,26). The van der Waals surface area contributed by atoms with Crippen molar-refractivity contribution in [2.45, 2.75) is 26.8 Å². The lowest BCUT2D eigenvalue weighted by Crippen LogP contribution is -2.24. The first-order chi connectivity index (χ1) is 13.0. The van der Waals surface area contributed by atoms with E-state index < -0.39 is 0 Å². The third kappa shape index (κ3) is 4.22. The summed E-state index contributed by atoms with van der Waals surface area (Å²) in [6, 6.07) is 14.9. The van der Waals surface area contributed by atoms with Crippen LogP contribution in [0, 0.1) is 6.92 Å². The Morgan fingerprint density at radius 2 is 1.78 bits per heavy atom. The van der Waals surface area contributed by atoms with Gasteiger partial charge in [-0.25, -0.2) is 0 Å². The van der Waals surface area contributed by atoms with Crippen LogP contribution in [0.15, 0.2) is 53.0 Å². The van der Waals surface area contributed by atoms with Crippen LogP contribution >= 0.6 is 15.9 Å². The number of aromatic nitrogens is 1. The summed E-state index contributed by atoms with van der Waals surface area (Å²) in [6.45, 7) is 4.86. The molecule has 0 aliphatic heterocycles. The molecule has 0 unspecified atom stereocenters. The molecule has 0 spiro atoms. The lowest BCUT2D eigenvalue weighted by atomic mass is 10.2. The lowest BCUT2D eigenvalue weighted by molar-refractivity contribution is -0.116. The number of anilines is 1. The zero-order chi connectivity index (χ0) is 19.4. The maximum Gasteiger partial charge on any atom is 0.251 e. The Morgan fingerprint density at radius 1 is 1.07 bits per heavy atom. The van der Waals surface area contributed by atoms with E-state index in [9.17, 15) is 9.59 Å². The number of para-hydroxylation sites is 1. The van der Waals surface area contributed by atoms with Crippen LogP contribution in [0.5, 0.6) is 0 Å². The SMILES string of the molecule is CCCNC(=O)c1ccc(NC(=O)Cn2c(C)c(Br)c3ccccc32)cc1. The quantitative estimate of drug-likeness (QED) is 0.608. The van der Waals surface area contributed by atoms with E-state index >= 15 is 0 Å². The molecule has 3 aromatic rings. The van der Waals surface area contributed by atoms with Crippen LogP contribution in [0.2, 0.25) is 0 Å². The Kier molecular flexibility index (Phi) is 5.96. The van der Waals surface area contributed by atoms with E-state index in [4.69, 9.17) is 0 Å². The van der Waals surface area contributed by atoms with Gasteiger partial charge in [0.15, 0.2) is 0 Å². The predicted molar refractivity (Wildman–Crippen MR) is 112 cm³/mol. The number of benzene rings is 2. The number of halogens is 1. The fourth-order valence-corrected chi connectivity index (χ4v) is 3.53. The number of hydrogen-bond donors (Lipinski definition) is 2. The molecule has 0 bridgehead atoms. The molecule has 0 saturated carbocycles. The third-order valence-corrected chi connectivity index (χ3v) is 5.42. The Morgan fingerprint density at radius 3 is 2.48 bits per heavy atom. The number of hydrogen-bond acceptors (Lipinski definition) is 2. The normalized spacial score (nSPS) is 10.8. The second-order valence-corrected chi connectivity index (χ2v) is 7.18. The van der Waals surface area contributed by atoms with Gasteiger partial charge in [0.05, 0.1) is 0 Å². The first kappa shape index (κ1) is 19.2. The average Bonchev–Trinajstić information content (AvgIpc) is 2.92. The summed E-state index contributed by atoms with van der Waals surface area (Å²) in [4.78, 5) is 24.5. The van der Waals surface area contributed by atoms with Gasteiger partial charge in [0.25, 0.3) is 5.91 Å². The van der Waals surface area contributed by atoms with E-state index in [2.05, 4.69) is 26.6 Å². The van der Waals surface area contributed by atoms with E-state index in [1.165, 1.54) is 0 Å². The van der Waals surface area contributed by atoms with E-state index in [0.29, 0.717) is 17.8 Å². The Labute approximate surface area is 166 Å². The van der Waals surface area contributed by atoms with Crippen molar-refractivity contribution in [1.29, 1.82) is 0 Å². The number of fused-ring (bicyclic) bond motifs is 1. The highest BCUT2D eigenvalue weighted by molar-refractivity contribution is 9.10. The topological polar surface area (TPSA) is 63.1 Å². The molecule has 0 fully saturated rings. The first-order valence-corrected chi connectivity index (χ1v) is 9.72. The molecule has 2 aromatic carbocycles. The number of nitrogens with zero attached hydrogens (tertiary/aromatic N) is 1. The molecule has 1 heterocycles. The summed E-state index contributed by atoms with van der Waals surface area (Å²) >= 11 is 3.61. The van der Waals surface area contributed by atoms with Crippen LogP contribution in [0.4, 0.5) is 5.69 Å². The van der Waals surface area contributed by atoms with Gasteiger partial charge in [-0.3, -0.25) is 9.59 Å². The molecule has 0 aliphatic rings. The molecule has 27 heavy (non-hydrogen) atoms. The second-order valence-electron chi connectivity index (χ2n) is 6.38. The van der Waals surface area contributed by atoms with Crippen LogP contribution in [-0.2, 0) is 11.3 Å². The zero-order valence-corrected chi connectivity index (χ0v) is 17.0. The molecule has 5 nitrogen and oxygen atoms in total. The van der Waals surface area contributed by atoms with Crippen molar-refractivity contribution in [2.24, 2.45) is 0 Å². The van der Waals surface area contributed by atoms with Gasteiger partial charge in [0, 0.05) is 38.9 Å². The maximum absolute atomic E-state index is 12.5. The fourth-order valence-electron chi connectivity index (χ4n) is 2.98. The van der Waals surface area contributed by atoms with Gasteiger partial charge in [-0.1, -0.05) is 25.1 Å². The molecule has 6 heteroatoms. The summed E-state index contributed by atoms with van der Waals surface area (Å²) in [7, 11) is 0. The van der Waals surface area contributed by atoms with E-state index in [0.717, 1.165) is 27.5 Å². The summed E-state index contributed by atoms with van der Waals surface area (Å²) < 4.78 is 3.00. The predicted octanol–water partition coefficient (Wildman–Crippen LogP) is 4.49. The largest absolute Gasteiger partial charge is 0.352 e. The molecule has 0 saturated heterocycles. The van der Waals surface area contributed by atoms with Crippen LogP contribution in [0.25, 0.3) is 10.9 Å². The van der Waals surface area contributed by atoms with Crippen LogP contribution in [-0.4, -0.2) is 22.9 Å². The Balaban J connectivity index is 1.70. The fraction of sp³-hybridized carbons (Fsp3) is 0.238. The Bertz CT molecular complexity index is 977. The van der Waals surface area contributed by atoms with Gasteiger partial charge < -0.3 is 15.2 Å². The van der Waals surface area contributed by atoms with Gasteiger partial charge in [-0.15, -0.1) is 0 Å². The summed E-state index contributed by atoms with van der Waals surface area (Å²) in [5, 5.41) is 6.82. The van der Waals surface area contributed by atoms with Gasteiger partial charge in [-0.2, -0.15) is 0 Å². The number of carbonyl (C=O) groups excluding carboxylic acids is 2. The number of amides is 2. The van der Waals surface area contributed by atoms with Crippen molar-refractivity contribution < 1.29 is 9.59 Å². The molecule has 3 rings (SSSR count). The Hall–Kier alpha value is -2.60. The van der Waals surface area contributed by atoms with Gasteiger partial charge in [0.2, 0.25) is 5.91 Å². The van der Waals surface area contributed by atoms with Gasteiger partial charge in [-0.05, 0) is 59.6 Å². The maximum atomic E-state index is 12.5. The molecule has 2 amide bonds. The third-order valence-electron chi connectivity index (χ3n) is 4.42. The van der Waals surface area contributed by atoms with Crippen LogP contribution in [0.1, 0.15) is 29.4 Å². The van der Waals surface area contributed by atoms with Gasteiger partial charge in [0.1, 0.15) is 6.54 Å². The van der Waals surface area contributed by atoms with Crippen molar-refractivity contribution in [3.63, 3.8) is 0 Å². The van der Waals surface area contributed by atoms with Crippen LogP contribution in [0.3, 0.4) is 0 Å². The molecule has 2 N–H and O–H groups in total. The summed E-state index contributed by atoms with van der Waals surface area (Å²) in [6.07, 6.45) is 0.892. The monoisotopic (exact) mass is 427 g/mol. The zero-order valence-electron chi connectivity index (χ0n) is 15.4. The smallest absolute Gasteiger partial charge is 0.251 e. The van der Waals surface area contributed by atoms with Gasteiger partial charge >= 0.3 is 0 Å². The molecular weight excluding hydrogens is 406 g/mol. The average molecular weight is 428 g/mol. The molecule has 1 aromatic heterocycles. The highest BCUT2D eigenvalue weighted by Crippen LogP contribution is 2.30. The van der Waals surface area contributed by atoms with Crippen LogP contribution < -0.4 is 10.6 Å². The molecule has 0 aliphatic carbocycles. The van der Waals surface area contributed by atoms with E-state index in [1.54, 1.807) is 24.3 Å². The van der Waals surface area contributed by atoms with Crippen molar-refractivity contribution in [3.05, 3.63) is 64.3 Å². The minimum absolute atomic E-state index is 0.103. The molecule has 0 radical (unpaired) electrons. The highest BCUT2D eigenvalue weighted by Gasteiger charge is 2.14. The number of nitrogens with one attached hydrogen (secondary N) is 2. The number of rotatable bonds is 6. The van der Waals surface area contributed by atoms with Crippen molar-refractivity contribution in [2.75, 3.05) is 11.9 Å². The van der Waals surface area contributed by atoms with Crippen molar-refractivity contribution in [3.8, 4) is 0 Å². The minimum atomic E-state index is -0.116. The minimum Gasteiger partial charge on any atom is -0.352 e. The second kappa shape index (κ2) is 8.39. The van der Waals surface area contributed by atoms with E-state index in [-0.39, 0.29) is 18.4 Å². The molecule has 0 atom stereocenters. The molecular formula is C21H22BrN3O2. The first-order valence-electron chi connectivity index (χ1n) is 8.92. The summed E-state index contributed by atoms with van der Waals surface area (Å²) in [5.41, 5.74) is 3.27. The number of carbonyl (C=O) groups is 2.